The molecule has 11 heteroatoms. The smallest absolute Gasteiger partial charge is 0.335 e. The Morgan fingerprint density at radius 3 is 2.80 bits per heavy atom. The van der Waals surface area contributed by atoms with E-state index in [4.69, 9.17) is 14.2 Å². The number of benzene rings is 2. The Bertz CT molecular complexity index is 1430. The highest BCUT2D eigenvalue weighted by Crippen LogP contribution is 2.49. The standard InChI is InChI=1S/C24H23FN4O6/c1-28-8-7-13-9-18-20(35-12-34-18)21(33-2)19(13)17(28)11-26-10-16-22(30)27-24(32)29(23(16)31)15-5-3-14(25)4-6-15/h3-6,9-10,17,31H,7-8,11-12H2,1-2H3,(H,27,30,32). The van der Waals surface area contributed by atoms with Crippen molar-refractivity contribution in [1.29, 1.82) is 0 Å². The van der Waals surface area contributed by atoms with Gasteiger partial charge in [-0.3, -0.25) is 19.7 Å². The van der Waals surface area contributed by atoms with E-state index < -0.39 is 22.9 Å². The molecule has 10 nitrogen and oxygen atoms in total. The van der Waals surface area contributed by atoms with Crippen LogP contribution in [0.1, 0.15) is 22.7 Å². The average molecular weight is 482 g/mol. The molecular formula is C24H23FN4O6. The van der Waals surface area contributed by atoms with E-state index in [0.29, 0.717) is 17.2 Å². The summed E-state index contributed by atoms with van der Waals surface area (Å²) in [5.41, 5.74) is 0.366. The van der Waals surface area contributed by atoms with Crippen LogP contribution in [0.5, 0.6) is 23.1 Å². The van der Waals surface area contributed by atoms with Crippen LogP contribution in [0.15, 0.2) is 44.9 Å². The summed E-state index contributed by atoms with van der Waals surface area (Å²) in [7, 11) is 3.54. The summed E-state index contributed by atoms with van der Waals surface area (Å²) in [5, 5.41) is 10.7. The first kappa shape index (κ1) is 22.7. The van der Waals surface area contributed by atoms with E-state index in [1.165, 1.54) is 18.3 Å². The normalized spacial score (nSPS) is 17.1. The molecule has 0 spiro atoms. The summed E-state index contributed by atoms with van der Waals surface area (Å²) in [5.74, 6) is 0.699. The van der Waals surface area contributed by atoms with Gasteiger partial charge in [0, 0.05) is 18.3 Å². The van der Waals surface area contributed by atoms with Crippen LogP contribution < -0.4 is 25.5 Å². The van der Waals surface area contributed by atoms with Gasteiger partial charge in [-0.05, 0) is 49.4 Å². The average Bonchev–Trinajstić information content (AvgIpc) is 3.30. The highest BCUT2D eigenvalue weighted by Gasteiger charge is 2.33. The Balaban J connectivity index is 1.50. The van der Waals surface area contributed by atoms with E-state index in [-0.39, 0.29) is 30.6 Å². The zero-order valence-corrected chi connectivity index (χ0v) is 19.1. The van der Waals surface area contributed by atoms with Crippen molar-refractivity contribution in [2.24, 2.45) is 4.99 Å². The molecule has 35 heavy (non-hydrogen) atoms. The SMILES string of the molecule is COc1c2c(cc3c1C(CN=Cc1c(O)n(-c4ccc(F)cc4)c(=O)[nH]c1=O)N(C)CC3)OCO2. The first-order valence-electron chi connectivity index (χ1n) is 10.9. The molecule has 0 aliphatic carbocycles. The van der Waals surface area contributed by atoms with E-state index in [9.17, 15) is 19.1 Å². The van der Waals surface area contributed by atoms with Crippen molar-refractivity contribution in [3.8, 4) is 28.8 Å². The number of rotatable bonds is 5. The molecule has 0 radical (unpaired) electrons. The van der Waals surface area contributed by atoms with Crippen molar-refractivity contribution in [3.05, 3.63) is 73.7 Å². The zero-order valence-electron chi connectivity index (χ0n) is 19.1. The number of aromatic hydroxyl groups is 1. The number of ether oxygens (including phenoxy) is 3. The number of aromatic nitrogens is 2. The zero-order chi connectivity index (χ0) is 24.7. The van der Waals surface area contributed by atoms with Crippen molar-refractivity contribution in [3.63, 3.8) is 0 Å². The molecule has 2 aromatic carbocycles. The van der Waals surface area contributed by atoms with Gasteiger partial charge < -0.3 is 19.3 Å². The van der Waals surface area contributed by atoms with Crippen molar-refractivity contribution < 1.29 is 23.7 Å². The van der Waals surface area contributed by atoms with E-state index in [0.717, 1.165) is 40.8 Å². The fourth-order valence-corrected chi connectivity index (χ4v) is 4.48. The Morgan fingerprint density at radius 2 is 2.06 bits per heavy atom. The summed E-state index contributed by atoms with van der Waals surface area (Å²) in [6.45, 7) is 1.14. The number of fused-ring (bicyclic) bond motifs is 2. The van der Waals surface area contributed by atoms with Crippen molar-refractivity contribution >= 4 is 6.21 Å². The van der Waals surface area contributed by atoms with Crippen molar-refractivity contribution in [1.82, 2.24) is 14.5 Å². The van der Waals surface area contributed by atoms with Crippen molar-refractivity contribution in [2.45, 2.75) is 12.5 Å². The maximum Gasteiger partial charge on any atom is 0.335 e. The van der Waals surface area contributed by atoms with Crippen LogP contribution in [0.25, 0.3) is 5.69 Å². The molecule has 5 rings (SSSR count). The highest BCUT2D eigenvalue weighted by molar-refractivity contribution is 5.82. The van der Waals surface area contributed by atoms with Crippen LogP contribution >= 0.6 is 0 Å². The van der Waals surface area contributed by atoms with E-state index >= 15 is 0 Å². The molecule has 182 valence electrons. The lowest BCUT2D eigenvalue weighted by molar-refractivity contribution is 0.170. The summed E-state index contributed by atoms with van der Waals surface area (Å²) in [6.07, 6.45) is 2.03. The topological polar surface area (TPSA) is 118 Å². The van der Waals surface area contributed by atoms with Gasteiger partial charge in [0.05, 0.1) is 25.4 Å². The molecule has 1 atom stereocenters. The Hall–Kier alpha value is -4.12. The first-order chi connectivity index (χ1) is 16.9. The quantitative estimate of drug-likeness (QED) is 0.532. The predicted molar refractivity (Wildman–Crippen MR) is 125 cm³/mol. The monoisotopic (exact) mass is 482 g/mol. The minimum Gasteiger partial charge on any atom is -0.493 e. The van der Waals surface area contributed by atoms with Crippen LogP contribution in [0.3, 0.4) is 0 Å². The number of nitrogens with zero attached hydrogens (tertiary/aromatic N) is 3. The molecule has 0 bridgehead atoms. The number of likely N-dealkylation sites (N-methyl/N-ethyl adjacent to an activating group) is 1. The number of aliphatic imine (C=N–C) groups is 1. The van der Waals surface area contributed by atoms with E-state index in [1.807, 2.05) is 13.1 Å². The number of hydrogen-bond acceptors (Lipinski definition) is 8. The number of hydrogen-bond donors (Lipinski definition) is 2. The van der Waals surface area contributed by atoms with Crippen LogP contribution in [0.2, 0.25) is 0 Å². The van der Waals surface area contributed by atoms with Gasteiger partial charge in [-0.2, -0.15) is 0 Å². The second kappa shape index (κ2) is 8.91. The second-order valence-electron chi connectivity index (χ2n) is 8.27. The van der Waals surface area contributed by atoms with Crippen LogP contribution in [-0.2, 0) is 6.42 Å². The molecule has 0 saturated carbocycles. The first-order valence-corrected chi connectivity index (χ1v) is 10.9. The van der Waals surface area contributed by atoms with Gasteiger partial charge in [-0.25, -0.2) is 13.8 Å². The van der Waals surface area contributed by atoms with Crippen LogP contribution in [0.4, 0.5) is 4.39 Å². The van der Waals surface area contributed by atoms with Gasteiger partial charge >= 0.3 is 5.69 Å². The van der Waals surface area contributed by atoms with Gasteiger partial charge in [0.15, 0.2) is 11.5 Å². The molecule has 2 aliphatic heterocycles. The molecule has 1 unspecified atom stereocenters. The van der Waals surface area contributed by atoms with Gasteiger partial charge in [-0.1, -0.05) is 0 Å². The lowest BCUT2D eigenvalue weighted by Gasteiger charge is -2.35. The van der Waals surface area contributed by atoms with Crippen LogP contribution in [-0.4, -0.2) is 59.8 Å². The Morgan fingerprint density at radius 1 is 1.29 bits per heavy atom. The molecule has 2 N–H and O–H groups in total. The second-order valence-corrected chi connectivity index (χ2v) is 8.27. The van der Waals surface area contributed by atoms with E-state index in [1.54, 1.807) is 7.11 Å². The fraction of sp³-hybridized carbons (Fsp3) is 0.292. The minimum atomic E-state index is -0.849. The Kier molecular flexibility index (Phi) is 5.77. The third-order valence-electron chi connectivity index (χ3n) is 6.25. The molecule has 2 aliphatic rings. The molecule has 0 saturated heterocycles. The number of aromatic amines is 1. The van der Waals surface area contributed by atoms with E-state index in [2.05, 4.69) is 14.9 Å². The van der Waals surface area contributed by atoms with Gasteiger partial charge in [-0.15, -0.1) is 0 Å². The molecule has 0 amide bonds. The largest absolute Gasteiger partial charge is 0.493 e. The summed E-state index contributed by atoms with van der Waals surface area (Å²) >= 11 is 0. The summed E-state index contributed by atoms with van der Waals surface area (Å²) in [6, 6.07) is 6.70. The maximum absolute atomic E-state index is 13.3. The minimum absolute atomic E-state index is 0.124. The molecule has 0 fully saturated rings. The summed E-state index contributed by atoms with van der Waals surface area (Å²) < 4.78 is 31.0. The fourth-order valence-electron chi connectivity index (χ4n) is 4.48. The number of nitrogens with one attached hydrogen (secondary N) is 1. The number of H-pyrrole nitrogens is 1. The lowest BCUT2D eigenvalue weighted by atomic mass is 9.91. The molecule has 3 aromatic rings. The third-order valence-corrected chi connectivity index (χ3v) is 6.25. The number of halogens is 1. The summed E-state index contributed by atoms with van der Waals surface area (Å²) in [4.78, 5) is 33.5. The predicted octanol–water partition coefficient (Wildman–Crippen LogP) is 1.76. The van der Waals surface area contributed by atoms with Crippen LogP contribution in [0, 0.1) is 5.82 Å². The lowest BCUT2D eigenvalue weighted by Crippen LogP contribution is -2.34. The molecule has 3 heterocycles. The molecule has 1 aromatic heterocycles. The maximum atomic E-state index is 13.3. The van der Waals surface area contributed by atoms with Gasteiger partial charge in [0.2, 0.25) is 18.4 Å². The van der Waals surface area contributed by atoms with Gasteiger partial charge in [0.25, 0.3) is 5.56 Å². The Labute approximate surface area is 198 Å². The van der Waals surface area contributed by atoms with Gasteiger partial charge in [0.1, 0.15) is 11.4 Å². The highest BCUT2D eigenvalue weighted by atomic mass is 19.1. The number of methoxy groups -OCH3 is 1. The van der Waals surface area contributed by atoms with Crippen molar-refractivity contribution in [2.75, 3.05) is 34.0 Å². The molecular weight excluding hydrogens is 459 g/mol. The third kappa shape index (κ3) is 3.93.